The second-order valence-corrected chi connectivity index (χ2v) is 8.08. The number of nitrogens with zero attached hydrogens (tertiary/aromatic N) is 2. The van der Waals surface area contributed by atoms with Crippen LogP contribution in [0.5, 0.6) is 0 Å². The largest absolute Gasteiger partial charge is 0.329 e. The summed E-state index contributed by atoms with van der Waals surface area (Å²) in [5, 5.41) is 1.23. The molecule has 0 amide bonds. The van der Waals surface area contributed by atoms with Crippen molar-refractivity contribution in [2.24, 2.45) is 0 Å². The lowest BCUT2D eigenvalue weighted by Gasteiger charge is -2.12. The van der Waals surface area contributed by atoms with Gasteiger partial charge in [0.1, 0.15) is 6.73 Å². The molecule has 1 aromatic carbocycles. The minimum atomic E-state index is -2.98. The van der Waals surface area contributed by atoms with Gasteiger partial charge in [-0.05, 0) is 45.1 Å². The Bertz CT molecular complexity index is 694. The van der Waals surface area contributed by atoms with Crippen molar-refractivity contribution in [2.75, 3.05) is 34.4 Å². The maximum absolute atomic E-state index is 11.9. The summed E-state index contributed by atoms with van der Waals surface area (Å²) in [4.78, 5) is 2.17. The first kappa shape index (κ1) is 17.2. The van der Waals surface area contributed by atoms with Gasteiger partial charge in [-0.1, -0.05) is 11.6 Å². The van der Waals surface area contributed by atoms with Crippen molar-refractivity contribution in [1.82, 2.24) is 9.47 Å². The van der Waals surface area contributed by atoms with E-state index in [4.69, 9.17) is 9.05 Å². The number of hydrogen-bond acceptors (Lipinski definition) is 4. The second kappa shape index (κ2) is 6.97. The Morgan fingerprint density at radius 2 is 2.05 bits per heavy atom. The zero-order valence-corrected chi connectivity index (χ0v) is 14.9. The molecule has 5 nitrogen and oxygen atoms in total. The van der Waals surface area contributed by atoms with Crippen molar-refractivity contribution >= 4 is 18.5 Å². The molecule has 0 spiro atoms. The predicted molar refractivity (Wildman–Crippen MR) is 90.6 cm³/mol. The summed E-state index contributed by atoms with van der Waals surface area (Å²) in [6.07, 6.45) is 3.05. The van der Waals surface area contributed by atoms with Crippen LogP contribution in [0.2, 0.25) is 0 Å². The summed E-state index contributed by atoms with van der Waals surface area (Å²) < 4.78 is 24.2. The minimum Gasteiger partial charge on any atom is -0.323 e. The molecule has 0 saturated carbocycles. The zero-order valence-electron chi connectivity index (χ0n) is 14.0. The second-order valence-electron chi connectivity index (χ2n) is 5.91. The third-order valence-corrected chi connectivity index (χ3v) is 4.96. The molecule has 6 heteroatoms. The molecule has 0 saturated heterocycles. The molecule has 0 N–H and O–H groups in total. The number of likely N-dealkylation sites (N-methyl/N-ethyl adjacent to an activating group) is 1. The molecule has 22 heavy (non-hydrogen) atoms. The van der Waals surface area contributed by atoms with Crippen LogP contribution in [-0.4, -0.2) is 43.9 Å². The standard InChI is InChI=1S/C16H25N2O3P/c1-13-6-7-16-15(10-13)14(8-9-17(2)3)11-18(16)12-21-22(5,19)20-4/h6-7,10-11H,8-9,12H2,1-5H3. The molecule has 0 aliphatic heterocycles. The van der Waals surface area contributed by atoms with Crippen molar-refractivity contribution in [3.8, 4) is 0 Å². The summed E-state index contributed by atoms with van der Waals surface area (Å²) in [6.45, 7) is 4.78. The van der Waals surface area contributed by atoms with Crippen LogP contribution in [0.4, 0.5) is 0 Å². The molecular formula is C16H25N2O3P. The molecule has 0 radical (unpaired) electrons. The van der Waals surface area contributed by atoms with Gasteiger partial charge in [0.25, 0.3) is 0 Å². The Morgan fingerprint density at radius 1 is 1.32 bits per heavy atom. The fourth-order valence-corrected chi connectivity index (χ4v) is 2.79. The van der Waals surface area contributed by atoms with Gasteiger partial charge in [-0.2, -0.15) is 0 Å². The summed E-state index contributed by atoms with van der Waals surface area (Å²) in [5.41, 5.74) is 3.60. The van der Waals surface area contributed by atoms with Crippen molar-refractivity contribution in [3.05, 3.63) is 35.5 Å². The predicted octanol–water partition coefficient (Wildman–Crippen LogP) is 3.50. The fraction of sp³-hybridized carbons (Fsp3) is 0.500. The van der Waals surface area contributed by atoms with E-state index in [1.807, 2.05) is 4.57 Å². The van der Waals surface area contributed by atoms with Gasteiger partial charge >= 0.3 is 7.60 Å². The third-order valence-electron chi connectivity index (χ3n) is 3.71. The average molecular weight is 324 g/mol. The van der Waals surface area contributed by atoms with Gasteiger partial charge in [-0.15, -0.1) is 0 Å². The molecule has 1 heterocycles. The quantitative estimate of drug-likeness (QED) is 0.731. The Kier molecular flexibility index (Phi) is 5.45. The maximum Gasteiger partial charge on any atom is 0.329 e. The Morgan fingerprint density at radius 3 is 2.68 bits per heavy atom. The lowest BCUT2D eigenvalue weighted by Crippen LogP contribution is -2.14. The normalized spacial score (nSPS) is 14.6. The maximum atomic E-state index is 11.9. The zero-order chi connectivity index (χ0) is 16.3. The molecule has 1 unspecified atom stereocenters. The van der Waals surface area contributed by atoms with Crippen LogP contribution in [0.15, 0.2) is 24.4 Å². The van der Waals surface area contributed by atoms with E-state index in [9.17, 15) is 4.57 Å². The van der Waals surface area contributed by atoms with Crippen LogP contribution >= 0.6 is 7.60 Å². The topological polar surface area (TPSA) is 43.7 Å². The summed E-state index contributed by atoms with van der Waals surface area (Å²) >= 11 is 0. The average Bonchev–Trinajstić information content (AvgIpc) is 2.80. The molecule has 122 valence electrons. The Hall–Kier alpha value is -1.13. The highest BCUT2D eigenvalue weighted by molar-refractivity contribution is 7.52. The molecule has 1 atom stereocenters. The van der Waals surface area contributed by atoms with E-state index in [1.165, 1.54) is 30.3 Å². The van der Waals surface area contributed by atoms with Crippen LogP contribution < -0.4 is 0 Å². The van der Waals surface area contributed by atoms with Gasteiger partial charge in [0.05, 0.1) is 5.52 Å². The Labute approximate surface area is 132 Å². The van der Waals surface area contributed by atoms with Crippen molar-refractivity contribution < 1.29 is 13.6 Å². The summed E-state index contributed by atoms with van der Waals surface area (Å²) in [6, 6.07) is 6.36. The lowest BCUT2D eigenvalue weighted by molar-refractivity contribution is 0.191. The first-order valence-corrected chi connectivity index (χ1v) is 9.32. The van der Waals surface area contributed by atoms with Gasteiger partial charge < -0.3 is 14.0 Å². The molecule has 0 fully saturated rings. The van der Waals surface area contributed by atoms with E-state index < -0.39 is 7.60 Å². The smallest absolute Gasteiger partial charge is 0.323 e. The van der Waals surface area contributed by atoms with Gasteiger partial charge in [-0.3, -0.25) is 9.09 Å². The van der Waals surface area contributed by atoms with Crippen LogP contribution in [0.1, 0.15) is 11.1 Å². The molecule has 0 aliphatic rings. The Balaban J connectivity index is 2.32. The monoisotopic (exact) mass is 324 g/mol. The van der Waals surface area contributed by atoms with Gasteiger partial charge in [0.2, 0.25) is 0 Å². The van der Waals surface area contributed by atoms with E-state index in [1.54, 1.807) is 0 Å². The summed E-state index contributed by atoms with van der Waals surface area (Å²) in [5.74, 6) is 0. The SMILES string of the molecule is COP(C)(=O)OCn1cc(CCN(C)C)c2cc(C)ccc21. The van der Waals surface area contributed by atoms with E-state index in [-0.39, 0.29) is 6.73 Å². The molecular weight excluding hydrogens is 299 g/mol. The number of aromatic nitrogens is 1. The first-order valence-electron chi connectivity index (χ1n) is 7.33. The first-order chi connectivity index (χ1) is 10.3. The van der Waals surface area contributed by atoms with E-state index in [2.05, 4.69) is 50.3 Å². The van der Waals surface area contributed by atoms with Crippen LogP contribution in [0.3, 0.4) is 0 Å². The highest BCUT2D eigenvalue weighted by Crippen LogP contribution is 2.43. The van der Waals surface area contributed by atoms with Gasteiger partial charge in [-0.25, -0.2) is 0 Å². The van der Waals surface area contributed by atoms with Crippen LogP contribution in [0.25, 0.3) is 10.9 Å². The minimum absolute atomic E-state index is 0.225. The number of hydrogen-bond donors (Lipinski definition) is 0. The molecule has 0 bridgehead atoms. The molecule has 0 aliphatic carbocycles. The number of aryl methyl sites for hydroxylation is 1. The highest BCUT2D eigenvalue weighted by Gasteiger charge is 2.16. The lowest BCUT2D eigenvalue weighted by atomic mass is 10.1. The fourth-order valence-electron chi connectivity index (χ4n) is 2.35. The van der Waals surface area contributed by atoms with Crippen molar-refractivity contribution in [2.45, 2.75) is 20.1 Å². The van der Waals surface area contributed by atoms with Gasteiger partial charge in [0.15, 0.2) is 0 Å². The molecule has 1 aromatic heterocycles. The van der Waals surface area contributed by atoms with Crippen LogP contribution in [-0.2, 0) is 26.8 Å². The van der Waals surface area contributed by atoms with Crippen molar-refractivity contribution in [1.29, 1.82) is 0 Å². The van der Waals surface area contributed by atoms with E-state index in [0.29, 0.717) is 0 Å². The van der Waals surface area contributed by atoms with Gasteiger partial charge in [0, 0.05) is 31.9 Å². The number of fused-ring (bicyclic) bond motifs is 1. The molecule has 2 rings (SSSR count). The third kappa shape index (κ3) is 4.20. The van der Waals surface area contributed by atoms with E-state index in [0.717, 1.165) is 18.5 Å². The van der Waals surface area contributed by atoms with E-state index >= 15 is 0 Å². The molecule has 2 aromatic rings. The number of rotatable bonds is 7. The number of benzene rings is 1. The van der Waals surface area contributed by atoms with Crippen LogP contribution in [0, 0.1) is 6.92 Å². The van der Waals surface area contributed by atoms with Crippen molar-refractivity contribution in [3.63, 3.8) is 0 Å². The summed E-state index contributed by atoms with van der Waals surface area (Å²) in [7, 11) is 2.56. The highest BCUT2D eigenvalue weighted by atomic mass is 31.2.